The third-order valence-corrected chi connectivity index (χ3v) is 4.99. The lowest BCUT2D eigenvalue weighted by molar-refractivity contribution is -0.155. The summed E-state index contributed by atoms with van der Waals surface area (Å²) in [4.78, 5) is 29.5. The molecular formula is C19H18F6N4O3. The number of esters is 1. The number of fused-ring (bicyclic) bond motifs is 1. The van der Waals surface area contributed by atoms with Crippen molar-refractivity contribution in [2.24, 2.45) is 5.73 Å². The highest BCUT2D eigenvalue weighted by atomic mass is 19.4. The summed E-state index contributed by atoms with van der Waals surface area (Å²) in [5.41, 5.74) is 4.39. The highest BCUT2D eigenvalue weighted by Gasteiger charge is 2.42. The molecule has 2 heterocycles. The SMILES string of the molecule is COC(=O)C1c2nc(C(F)(F)F)cn2CCN1C(=O)C[C@H](N)Cc1cc(F)c(F)cc1F. The quantitative estimate of drug-likeness (QED) is 0.417. The van der Waals surface area contributed by atoms with Crippen LogP contribution in [0.3, 0.4) is 0 Å². The van der Waals surface area contributed by atoms with Gasteiger partial charge in [-0.15, -0.1) is 0 Å². The largest absolute Gasteiger partial charge is 0.467 e. The van der Waals surface area contributed by atoms with E-state index in [2.05, 4.69) is 9.72 Å². The average molecular weight is 464 g/mol. The molecule has 0 fully saturated rings. The van der Waals surface area contributed by atoms with Crippen LogP contribution in [0.4, 0.5) is 26.3 Å². The molecule has 13 heteroatoms. The van der Waals surface area contributed by atoms with Crippen LogP contribution in [0.5, 0.6) is 0 Å². The van der Waals surface area contributed by atoms with Crippen molar-refractivity contribution in [3.05, 3.63) is 52.9 Å². The monoisotopic (exact) mass is 464 g/mol. The van der Waals surface area contributed by atoms with Gasteiger partial charge in [0.15, 0.2) is 23.4 Å². The molecule has 1 aliphatic rings. The van der Waals surface area contributed by atoms with Gasteiger partial charge in [-0.05, 0) is 18.1 Å². The zero-order valence-electron chi connectivity index (χ0n) is 16.6. The Hall–Kier alpha value is -3.09. The van der Waals surface area contributed by atoms with Gasteiger partial charge in [-0.1, -0.05) is 0 Å². The van der Waals surface area contributed by atoms with Gasteiger partial charge in [-0.2, -0.15) is 13.2 Å². The van der Waals surface area contributed by atoms with E-state index in [0.717, 1.165) is 22.8 Å². The first-order valence-corrected chi connectivity index (χ1v) is 9.33. The van der Waals surface area contributed by atoms with Crippen LogP contribution in [0.1, 0.15) is 29.5 Å². The van der Waals surface area contributed by atoms with Crippen LogP contribution < -0.4 is 5.73 Å². The first-order valence-electron chi connectivity index (χ1n) is 9.33. The Kier molecular flexibility index (Phi) is 6.49. The van der Waals surface area contributed by atoms with Gasteiger partial charge in [-0.3, -0.25) is 4.79 Å². The molecule has 1 aliphatic heterocycles. The standard InChI is InChI=1S/C19H18F6N4O3/c1-32-18(31)16-17-27-14(19(23,24)25)8-28(17)2-3-29(16)15(30)6-10(26)4-9-5-12(21)13(22)7-11(9)20/h5,7-8,10,16H,2-4,6,26H2,1H3/t10-,16?/m1/s1. The zero-order valence-corrected chi connectivity index (χ0v) is 16.6. The lowest BCUT2D eigenvalue weighted by atomic mass is 10.0. The number of nitrogens with zero attached hydrogens (tertiary/aromatic N) is 3. The molecule has 2 atom stereocenters. The molecule has 174 valence electrons. The predicted octanol–water partition coefficient (Wildman–Crippen LogP) is 2.34. The van der Waals surface area contributed by atoms with E-state index in [1.807, 2.05) is 0 Å². The molecule has 0 saturated heterocycles. The van der Waals surface area contributed by atoms with E-state index in [9.17, 15) is 35.9 Å². The van der Waals surface area contributed by atoms with Crippen molar-refractivity contribution in [1.82, 2.24) is 14.5 Å². The zero-order chi connectivity index (χ0) is 23.8. The topological polar surface area (TPSA) is 90.5 Å². The highest BCUT2D eigenvalue weighted by Crippen LogP contribution is 2.33. The lowest BCUT2D eigenvalue weighted by Gasteiger charge is -2.34. The van der Waals surface area contributed by atoms with Crippen LogP contribution in [0, 0.1) is 17.5 Å². The summed E-state index contributed by atoms with van der Waals surface area (Å²) in [6, 6.07) is -1.60. The molecule has 2 N–H and O–H groups in total. The highest BCUT2D eigenvalue weighted by molar-refractivity contribution is 5.85. The number of nitrogens with two attached hydrogens (primary N) is 1. The van der Waals surface area contributed by atoms with Crippen LogP contribution in [0.15, 0.2) is 18.3 Å². The molecule has 0 bridgehead atoms. The third kappa shape index (κ3) is 4.71. The van der Waals surface area contributed by atoms with Crippen molar-refractivity contribution in [1.29, 1.82) is 0 Å². The Morgan fingerprint density at radius 3 is 2.47 bits per heavy atom. The van der Waals surface area contributed by atoms with Crippen LogP contribution in [-0.2, 0) is 33.5 Å². The van der Waals surface area contributed by atoms with Crippen LogP contribution in [0.25, 0.3) is 0 Å². The van der Waals surface area contributed by atoms with Gasteiger partial charge < -0.3 is 19.9 Å². The van der Waals surface area contributed by atoms with Crippen molar-refractivity contribution < 1.29 is 40.7 Å². The van der Waals surface area contributed by atoms with Crippen LogP contribution >= 0.6 is 0 Å². The average Bonchev–Trinajstić information content (AvgIpc) is 3.15. The molecule has 0 radical (unpaired) electrons. The van der Waals surface area contributed by atoms with Crippen molar-refractivity contribution in [3.8, 4) is 0 Å². The van der Waals surface area contributed by atoms with Crippen molar-refractivity contribution in [2.45, 2.75) is 37.6 Å². The van der Waals surface area contributed by atoms with Gasteiger partial charge in [-0.25, -0.2) is 22.9 Å². The van der Waals surface area contributed by atoms with E-state index >= 15 is 0 Å². The van der Waals surface area contributed by atoms with Crippen LogP contribution in [-0.4, -0.2) is 46.0 Å². The molecule has 1 aromatic heterocycles. The summed E-state index contributed by atoms with van der Waals surface area (Å²) < 4.78 is 85.1. The summed E-state index contributed by atoms with van der Waals surface area (Å²) in [5, 5.41) is 0. The third-order valence-electron chi connectivity index (χ3n) is 4.99. The number of carbonyl (C=O) groups is 2. The maximum atomic E-state index is 13.8. The van der Waals surface area contributed by atoms with E-state index in [0.29, 0.717) is 12.1 Å². The minimum absolute atomic E-state index is 0.0648. The van der Waals surface area contributed by atoms with Gasteiger partial charge in [0, 0.05) is 37.8 Å². The van der Waals surface area contributed by atoms with Gasteiger partial charge in [0.1, 0.15) is 11.6 Å². The number of ether oxygens (including phenoxy) is 1. The van der Waals surface area contributed by atoms with E-state index in [1.54, 1.807) is 0 Å². The van der Waals surface area contributed by atoms with Gasteiger partial charge in [0.05, 0.1) is 7.11 Å². The summed E-state index contributed by atoms with van der Waals surface area (Å²) in [7, 11) is 1.01. The van der Waals surface area contributed by atoms with Gasteiger partial charge in [0.25, 0.3) is 0 Å². The molecule has 3 rings (SSSR count). The second kappa shape index (κ2) is 8.81. The molecule has 2 aromatic rings. The number of benzene rings is 1. The van der Waals surface area contributed by atoms with Gasteiger partial charge >= 0.3 is 12.1 Å². The van der Waals surface area contributed by atoms with Crippen molar-refractivity contribution >= 4 is 11.9 Å². The fraction of sp³-hybridized carbons (Fsp3) is 0.421. The number of alkyl halides is 3. The number of hydrogen-bond donors (Lipinski definition) is 1. The molecule has 0 spiro atoms. The molecule has 0 aliphatic carbocycles. The number of halogens is 6. The Morgan fingerprint density at radius 2 is 1.84 bits per heavy atom. The minimum atomic E-state index is -4.75. The second-order valence-electron chi connectivity index (χ2n) is 7.21. The summed E-state index contributed by atoms with van der Waals surface area (Å²) in [6.07, 6.45) is -4.78. The smallest absolute Gasteiger partial charge is 0.434 e. The summed E-state index contributed by atoms with van der Waals surface area (Å²) in [6.45, 7) is -0.198. The maximum absolute atomic E-state index is 13.8. The van der Waals surface area contributed by atoms with E-state index < -0.39 is 59.7 Å². The van der Waals surface area contributed by atoms with E-state index in [4.69, 9.17) is 5.73 Å². The molecule has 32 heavy (non-hydrogen) atoms. The van der Waals surface area contributed by atoms with Crippen molar-refractivity contribution in [2.75, 3.05) is 13.7 Å². The fourth-order valence-corrected chi connectivity index (χ4v) is 3.48. The maximum Gasteiger partial charge on any atom is 0.434 e. The number of rotatable bonds is 5. The lowest BCUT2D eigenvalue weighted by Crippen LogP contribution is -2.47. The fourth-order valence-electron chi connectivity index (χ4n) is 3.48. The summed E-state index contributed by atoms with van der Waals surface area (Å²) in [5.74, 6) is -5.74. The van der Waals surface area contributed by atoms with E-state index in [-0.39, 0.29) is 30.9 Å². The predicted molar refractivity (Wildman–Crippen MR) is 96.3 cm³/mol. The van der Waals surface area contributed by atoms with E-state index in [1.165, 1.54) is 0 Å². The molecule has 1 aromatic carbocycles. The molecule has 7 nitrogen and oxygen atoms in total. The Labute approximate surface area is 177 Å². The number of aromatic nitrogens is 2. The Balaban J connectivity index is 1.80. The number of amides is 1. The molecule has 0 saturated carbocycles. The first kappa shape index (κ1) is 23.6. The molecule has 1 amide bonds. The molecule has 1 unspecified atom stereocenters. The normalized spacial score (nSPS) is 17.1. The Bertz CT molecular complexity index is 1040. The number of methoxy groups -OCH3 is 1. The number of imidazole rings is 1. The minimum Gasteiger partial charge on any atom is -0.467 e. The number of carbonyl (C=O) groups excluding carboxylic acids is 2. The van der Waals surface area contributed by atoms with Gasteiger partial charge in [0.2, 0.25) is 5.91 Å². The molecular weight excluding hydrogens is 446 g/mol. The summed E-state index contributed by atoms with van der Waals surface area (Å²) >= 11 is 0. The number of hydrogen-bond acceptors (Lipinski definition) is 5. The van der Waals surface area contributed by atoms with Crippen LogP contribution in [0.2, 0.25) is 0 Å². The first-order chi connectivity index (χ1) is 14.9. The Morgan fingerprint density at radius 1 is 1.19 bits per heavy atom. The van der Waals surface area contributed by atoms with Crippen molar-refractivity contribution in [3.63, 3.8) is 0 Å². The second-order valence-corrected chi connectivity index (χ2v) is 7.21.